The maximum absolute atomic E-state index is 12.2. The molecule has 0 bridgehead atoms. The van der Waals surface area contributed by atoms with Crippen LogP contribution in [0, 0.1) is 12.8 Å². The number of likely N-dealkylation sites (tertiary alicyclic amines) is 1. The van der Waals surface area contributed by atoms with Crippen LogP contribution < -0.4 is 0 Å². The van der Waals surface area contributed by atoms with Crippen LogP contribution in [0.4, 0.5) is 0 Å². The predicted octanol–water partition coefficient (Wildman–Crippen LogP) is 1.48. The number of rotatable bonds is 2. The molecule has 1 aliphatic heterocycles. The molecular formula is C12H16N2O3S. The van der Waals surface area contributed by atoms with Gasteiger partial charge in [0.15, 0.2) is 0 Å². The van der Waals surface area contributed by atoms with E-state index in [1.165, 1.54) is 18.4 Å². The zero-order valence-electron chi connectivity index (χ0n) is 10.5. The molecule has 0 atom stereocenters. The van der Waals surface area contributed by atoms with E-state index in [-0.39, 0.29) is 17.8 Å². The Labute approximate surface area is 110 Å². The van der Waals surface area contributed by atoms with Crippen molar-refractivity contribution in [2.45, 2.75) is 19.8 Å². The number of amides is 1. The van der Waals surface area contributed by atoms with Crippen molar-refractivity contribution in [3.8, 4) is 0 Å². The largest absolute Gasteiger partial charge is 0.469 e. The summed E-state index contributed by atoms with van der Waals surface area (Å²) in [6.07, 6.45) is 1.35. The molecular weight excluding hydrogens is 252 g/mol. The number of hydrogen-bond acceptors (Lipinski definition) is 5. The summed E-state index contributed by atoms with van der Waals surface area (Å²) in [5.41, 5.74) is 2.46. The third kappa shape index (κ3) is 2.53. The van der Waals surface area contributed by atoms with Gasteiger partial charge in [0, 0.05) is 13.1 Å². The van der Waals surface area contributed by atoms with Gasteiger partial charge in [-0.15, -0.1) is 11.3 Å². The van der Waals surface area contributed by atoms with Crippen molar-refractivity contribution in [2.75, 3.05) is 20.2 Å². The Balaban J connectivity index is 1.96. The molecule has 1 aromatic heterocycles. The molecule has 0 aliphatic carbocycles. The maximum Gasteiger partial charge on any atom is 0.308 e. The molecule has 1 amide bonds. The molecule has 2 rings (SSSR count). The molecule has 0 aromatic carbocycles. The van der Waals surface area contributed by atoms with Crippen LogP contribution >= 0.6 is 11.3 Å². The van der Waals surface area contributed by atoms with Crippen LogP contribution in [0.5, 0.6) is 0 Å². The summed E-state index contributed by atoms with van der Waals surface area (Å²) in [4.78, 5) is 30.2. The highest BCUT2D eigenvalue weighted by atomic mass is 32.1. The van der Waals surface area contributed by atoms with Crippen molar-refractivity contribution in [1.82, 2.24) is 9.88 Å². The van der Waals surface area contributed by atoms with Crippen molar-refractivity contribution in [3.05, 3.63) is 16.1 Å². The maximum atomic E-state index is 12.2. The molecule has 1 fully saturated rings. The summed E-state index contributed by atoms with van der Waals surface area (Å²) >= 11 is 1.37. The van der Waals surface area contributed by atoms with Crippen LogP contribution in [0.3, 0.4) is 0 Å². The number of piperidine rings is 1. The third-order valence-electron chi connectivity index (χ3n) is 3.26. The second-order valence-electron chi connectivity index (χ2n) is 4.36. The fraction of sp³-hybridized carbons (Fsp3) is 0.583. The molecule has 0 spiro atoms. The smallest absolute Gasteiger partial charge is 0.308 e. The summed E-state index contributed by atoms with van der Waals surface area (Å²) in [6.45, 7) is 3.05. The first-order chi connectivity index (χ1) is 8.63. The second kappa shape index (κ2) is 5.48. The summed E-state index contributed by atoms with van der Waals surface area (Å²) < 4.78 is 4.73. The molecule has 0 unspecified atom stereocenters. The highest BCUT2D eigenvalue weighted by Crippen LogP contribution is 2.22. The highest BCUT2D eigenvalue weighted by molar-refractivity contribution is 7.11. The number of carbonyl (C=O) groups excluding carboxylic acids is 2. The third-order valence-corrected chi connectivity index (χ3v) is 4.17. The monoisotopic (exact) mass is 268 g/mol. The number of nitrogens with zero attached hydrogens (tertiary/aromatic N) is 2. The van der Waals surface area contributed by atoms with Crippen LogP contribution in [0.25, 0.3) is 0 Å². The van der Waals surface area contributed by atoms with Crippen LogP contribution in [0.2, 0.25) is 0 Å². The lowest BCUT2D eigenvalue weighted by Gasteiger charge is -2.30. The second-order valence-corrected chi connectivity index (χ2v) is 5.21. The van der Waals surface area contributed by atoms with E-state index in [2.05, 4.69) is 4.98 Å². The Morgan fingerprint density at radius 3 is 2.61 bits per heavy atom. The zero-order chi connectivity index (χ0) is 13.1. The normalized spacial score (nSPS) is 16.7. The van der Waals surface area contributed by atoms with E-state index in [4.69, 9.17) is 4.74 Å². The number of ether oxygens (including phenoxy) is 1. The topological polar surface area (TPSA) is 59.5 Å². The SMILES string of the molecule is COC(=O)C1CCN(C(=O)c2scnc2C)CC1. The fourth-order valence-electron chi connectivity index (χ4n) is 2.14. The first-order valence-corrected chi connectivity index (χ1v) is 6.78. The molecule has 0 radical (unpaired) electrons. The lowest BCUT2D eigenvalue weighted by molar-refractivity contribution is -0.146. The Morgan fingerprint density at radius 1 is 1.44 bits per heavy atom. The van der Waals surface area contributed by atoms with Crippen LogP contribution in [-0.2, 0) is 9.53 Å². The van der Waals surface area contributed by atoms with Gasteiger partial charge in [-0.05, 0) is 19.8 Å². The number of aromatic nitrogens is 1. The minimum absolute atomic E-state index is 0.0262. The summed E-state index contributed by atoms with van der Waals surface area (Å²) in [7, 11) is 1.40. The van der Waals surface area contributed by atoms with Gasteiger partial charge in [0.2, 0.25) is 0 Å². The van der Waals surface area contributed by atoms with E-state index in [0.29, 0.717) is 30.8 Å². The minimum atomic E-state index is -0.170. The van der Waals surface area contributed by atoms with Gasteiger partial charge in [0.05, 0.1) is 24.2 Å². The van der Waals surface area contributed by atoms with Crippen LogP contribution in [0.15, 0.2) is 5.51 Å². The molecule has 2 heterocycles. The van der Waals surface area contributed by atoms with Gasteiger partial charge in [-0.3, -0.25) is 9.59 Å². The lowest BCUT2D eigenvalue weighted by atomic mass is 9.97. The first kappa shape index (κ1) is 13.0. The quantitative estimate of drug-likeness (QED) is 0.762. The zero-order valence-corrected chi connectivity index (χ0v) is 11.3. The number of carbonyl (C=O) groups is 2. The Morgan fingerprint density at radius 2 is 2.11 bits per heavy atom. The van der Waals surface area contributed by atoms with E-state index in [9.17, 15) is 9.59 Å². The fourth-order valence-corrected chi connectivity index (χ4v) is 2.91. The molecule has 18 heavy (non-hydrogen) atoms. The Bertz CT molecular complexity index is 450. The number of aryl methyl sites for hydroxylation is 1. The van der Waals surface area contributed by atoms with E-state index in [1.54, 1.807) is 10.4 Å². The molecule has 5 nitrogen and oxygen atoms in total. The highest BCUT2D eigenvalue weighted by Gasteiger charge is 2.29. The summed E-state index contributed by atoms with van der Waals surface area (Å²) in [6, 6.07) is 0. The average Bonchev–Trinajstić information content (AvgIpc) is 2.83. The van der Waals surface area contributed by atoms with E-state index in [1.807, 2.05) is 6.92 Å². The van der Waals surface area contributed by atoms with E-state index >= 15 is 0 Å². The molecule has 1 aliphatic rings. The van der Waals surface area contributed by atoms with Crippen molar-refractivity contribution in [1.29, 1.82) is 0 Å². The van der Waals surface area contributed by atoms with Crippen LogP contribution in [0.1, 0.15) is 28.2 Å². The van der Waals surface area contributed by atoms with Crippen molar-refractivity contribution >= 4 is 23.2 Å². The Kier molecular flexibility index (Phi) is 3.96. The van der Waals surface area contributed by atoms with E-state index in [0.717, 1.165) is 5.69 Å². The molecule has 1 saturated heterocycles. The van der Waals surface area contributed by atoms with Gasteiger partial charge in [0.1, 0.15) is 4.88 Å². The van der Waals surface area contributed by atoms with E-state index < -0.39 is 0 Å². The van der Waals surface area contributed by atoms with Gasteiger partial charge >= 0.3 is 5.97 Å². The van der Waals surface area contributed by atoms with Gasteiger partial charge in [-0.1, -0.05) is 0 Å². The summed E-state index contributed by atoms with van der Waals surface area (Å²) in [5, 5.41) is 0. The number of methoxy groups -OCH3 is 1. The molecule has 0 saturated carbocycles. The number of hydrogen-bond donors (Lipinski definition) is 0. The molecule has 6 heteroatoms. The lowest BCUT2D eigenvalue weighted by Crippen LogP contribution is -2.40. The van der Waals surface area contributed by atoms with Gasteiger partial charge in [-0.25, -0.2) is 4.98 Å². The van der Waals surface area contributed by atoms with Crippen molar-refractivity contribution < 1.29 is 14.3 Å². The number of esters is 1. The molecule has 1 aromatic rings. The minimum Gasteiger partial charge on any atom is -0.469 e. The van der Waals surface area contributed by atoms with Crippen LogP contribution in [-0.4, -0.2) is 42.0 Å². The first-order valence-electron chi connectivity index (χ1n) is 5.90. The average molecular weight is 268 g/mol. The van der Waals surface area contributed by atoms with Crippen molar-refractivity contribution in [3.63, 3.8) is 0 Å². The number of thiazole rings is 1. The standard InChI is InChI=1S/C12H16N2O3S/c1-8-10(18-7-13-8)11(15)14-5-3-9(4-6-14)12(16)17-2/h7,9H,3-6H2,1-2H3. The Hall–Kier alpha value is -1.43. The van der Waals surface area contributed by atoms with Gasteiger partial charge < -0.3 is 9.64 Å². The van der Waals surface area contributed by atoms with Gasteiger partial charge in [-0.2, -0.15) is 0 Å². The van der Waals surface area contributed by atoms with Crippen molar-refractivity contribution in [2.24, 2.45) is 5.92 Å². The van der Waals surface area contributed by atoms with Gasteiger partial charge in [0.25, 0.3) is 5.91 Å². The summed E-state index contributed by atoms with van der Waals surface area (Å²) in [5.74, 6) is -0.212. The predicted molar refractivity (Wildman–Crippen MR) is 67.5 cm³/mol. The molecule has 98 valence electrons. The molecule has 0 N–H and O–H groups in total.